The third kappa shape index (κ3) is 5.86. The van der Waals surface area contributed by atoms with E-state index in [1.54, 1.807) is 0 Å². The maximum atomic E-state index is 12.4. The molecule has 0 aromatic heterocycles. The van der Waals surface area contributed by atoms with Gasteiger partial charge in [0.15, 0.2) is 0 Å². The summed E-state index contributed by atoms with van der Waals surface area (Å²) < 4.78 is 0. The second-order valence-corrected chi connectivity index (χ2v) is 10.9. The molecule has 5 nitrogen and oxygen atoms in total. The van der Waals surface area contributed by atoms with Gasteiger partial charge in [0.1, 0.15) is 11.4 Å². The number of allylic oxidation sites excluding steroid dienone is 1. The van der Waals surface area contributed by atoms with Crippen molar-refractivity contribution in [2.75, 3.05) is 39.3 Å². The highest BCUT2D eigenvalue weighted by Crippen LogP contribution is 2.34. The normalized spacial score (nSPS) is 21.5. The van der Waals surface area contributed by atoms with Crippen molar-refractivity contribution < 1.29 is 9.59 Å². The molecule has 0 spiro atoms. The molecule has 5 heteroatoms. The van der Waals surface area contributed by atoms with E-state index in [4.69, 9.17) is 0 Å². The smallest absolute Gasteiger partial charge is 0.227 e. The average Bonchev–Trinajstić information content (AvgIpc) is 3.42. The van der Waals surface area contributed by atoms with Crippen LogP contribution in [-0.4, -0.2) is 65.5 Å². The third-order valence-corrected chi connectivity index (χ3v) is 5.34. The Kier molecular flexibility index (Phi) is 5.66. The van der Waals surface area contributed by atoms with Gasteiger partial charge in [0, 0.05) is 45.3 Å². The first-order valence-electron chi connectivity index (χ1n) is 10.8. The molecule has 4 rings (SSSR count). The van der Waals surface area contributed by atoms with Crippen molar-refractivity contribution in [3.05, 3.63) is 23.2 Å². The Labute approximate surface area is 170 Å². The summed E-state index contributed by atoms with van der Waals surface area (Å²) in [7, 11) is 0. The zero-order chi connectivity index (χ0) is 20.7. The van der Waals surface area contributed by atoms with Crippen LogP contribution in [0.3, 0.4) is 0 Å². The first-order chi connectivity index (χ1) is 13.0. The Hall–Kier alpha value is -1.78. The molecular formula is C23H37N3O2. The summed E-state index contributed by atoms with van der Waals surface area (Å²) in [5.41, 5.74) is 2.92. The molecule has 0 unspecified atom stereocenters. The quantitative estimate of drug-likeness (QED) is 0.534. The van der Waals surface area contributed by atoms with Crippen molar-refractivity contribution in [2.24, 2.45) is 10.8 Å². The fourth-order valence-corrected chi connectivity index (χ4v) is 3.42. The summed E-state index contributed by atoms with van der Waals surface area (Å²) >= 11 is 0. The highest BCUT2D eigenvalue weighted by Gasteiger charge is 2.43. The molecule has 0 aromatic carbocycles. The molecule has 3 saturated heterocycles. The van der Waals surface area contributed by atoms with Crippen molar-refractivity contribution in [3.8, 4) is 0 Å². The first-order valence-corrected chi connectivity index (χ1v) is 10.8. The highest BCUT2D eigenvalue weighted by molar-refractivity contribution is 6.22. The van der Waals surface area contributed by atoms with Crippen LogP contribution < -0.4 is 0 Å². The Balaban J connectivity index is 0.000000180. The molecule has 0 bridgehead atoms. The minimum atomic E-state index is 0.00546. The molecule has 1 aliphatic carbocycles. The molecule has 3 heterocycles. The molecular weight excluding hydrogens is 350 g/mol. The van der Waals surface area contributed by atoms with E-state index >= 15 is 0 Å². The summed E-state index contributed by atoms with van der Waals surface area (Å²) in [5.74, 6) is 0.0485. The van der Waals surface area contributed by atoms with E-state index in [-0.39, 0.29) is 11.6 Å². The molecule has 28 heavy (non-hydrogen) atoms. The SMILES string of the molecule is CC(C)(C)CCCC(C)(C)C.O=C1C=C(N2CC2)C(=O)C(N2CC2)=C1N1CC1. The van der Waals surface area contributed by atoms with Crippen LogP contribution >= 0.6 is 0 Å². The van der Waals surface area contributed by atoms with Gasteiger partial charge in [0.05, 0.1) is 5.70 Å². The molecule has 0 aromatic rings. The molecule has 0 radical (unpaired) electrons. The Bertz CT molecular complexity index is 680. The Morgan fingerprint density at radius 3 is 1.54 bits per heavy atom. The lowest BCUT2D eigenvalue weighted by atomic mass is 9.84. The van der Waals surface area contributed by atoms with Crippen LogP contribution in [0.5, 0.6) is 0 Å². The molecule has 0 N–H and O–H groups in total. The van der Waals surface area contributed by atoms with Crippen LogP contribution in [0.4, 0.5) is 0 Å². The number of Topliss-reactive ketones (excluding diaryl/α,β-unsaturated/α-hetero) is 1. The van der Waals surface area contributed by atoms with Gasteiger partial charge in [-0.2, -0.15) is 0 Å². The predicted molar refractivity (Wildman–Crippen MR) is 113 cm³/mol. The van der Waals surface area contributed by atoms with Crippen LogP contribution in [0, 0.1) is 10.8 Å². The third-order valence-electron chi connectivity index (χ3n) is 5.34. The Morgan fingerprint density at radius 1 is 0.714 bits per heavy atom. The molecule has 0 saturated carbocycles. The molecule has 4 aliphatic rings. The molecule has 3 aliphatic heterocycles. The maximum Gasteiger partial charge on any atom is 0.227 e. The molecule has 0 atom stereocenters. The van der Waals surface area contributed by atoms with Crippen molar-refractivity contribution in [3.63, 3.8) is 0 Å². The summed E-state index contributed by atoms with van der Waals surface area (Å²) in [5, 5.41) is 0. The van der Waals surface area contributed by atoms with Gasteiger partial charge in [0.2, 0.25) is 11.6 Å². The molecule has 3 fully saturated rings. The van der Waals surface area contributed by atoms with Crippen LogP contribution in [0.25, 0.3) is 0 Å². The minimum Gasteiger partial charge on any atom is -0.365 e. The zero-order valence-corrected chi connectivity index (χ0v) is 18.6. The number of hydrogen-bond donors (Lipinski definition) is 0. The van der Waals surface area contributed by atoms with Crippen LogP contribution in [0.1, 0.15) is 60.8 Å². The van der Waals surface area contributed by atoms with Gasteiger partial charge in [-0.25, -0.2) is 0 Å². The largest absolute Gasteiger partial charge is 0.365 e. The van der Waals surface area contributed by atoms with Crippen LogP contribution in [0.15, 0.2) is 23.2 Å². The monoisotopic (exact) mass is 387 g/mol. The lowest BCUT2D eigenvalue weighted by Gasteiger charge is -2.22. The summed E-state index contributed by atoms with van der Waals surface area (Å²) in [6.07, 6.45) is 5.59. The second-order valence-electron chi connectivity index (χ2n) is 10.9. The molecule has 0 amide bonds. The van der Waals surface area contributed by atoms with E-state index in [2.05, 4.69) is 41.5 Å². The predicted octanol–water partition coefficient (Wildman–Crippen LogP) is 3.43. The van der Waals surface area contributed by atoms with Gasteiger partial charge >= 0.3 is 0 Å². The van der Waals surface area contributed by atoms with E-state index in [0.717, 1.165) is 39.3 Å². The van der Waals surface area contributed by atoms with E-state index in [9.17, 15) is 9.59 Å². The lowest BCUT2D eigenvalue weighted by molar-refractivity contribution is -0.117. The van der Waals surface area contributed by atoms with E-state index < -0.39 is 0 Å². The van der Waals surface area contributed by atoms with Gasteiger partial charge in [-0.1, -0.05) is 48.0 Å². The lowest BCUT2D eigenvalue weighted by Crippen LogP contribution is -2.29. The fourth-order valence-electron chi connectivity index (χ4n) is 3.42. The summed E-state index contributed by atoms with van der Waals surface area (Å²) in [6, 6.07) is 0. The average molecular weight is 388 g/mol. The van der Waals surface area contributed by atoms with E-state index in [1.807, 2.05) is 14.7 Å². The number of rotatable bonds is 5. The summed E-state index contributed by atoms with van der Waals surface area (Å²) in [6.45, 7) is 19.3. The van der Waals surface area contributed by atoms with E-state index in [0.29, 0.717) is 27.9 Å². The number of carbonyl (C=O) groups excluding carboxylic acids is 2. The first kappa shape index (κ1) is 20.9. The Morgan fingerprint density at radius 2 is 1.14 bits per heavy atom. The van der Waals surface area contributed by atoms with Gasteiger partial charge in [-0.15, -0.1) is 0 Å². The van der Waals surface area contributed by atoms with Crippen LogP contribution in [-0.2, 0) is 9.59 Å². The topological polar surface area (TPSA) is 43.2 Å². The van der Waals surface area contributed by atoms with Crippen molar-refractivity contribution in [1.29, 1.82) is 0 Å². The van der Waals surface area contributed by atoms with Gasteiger partial charge in [0.25, 0.3) is 0 Å². The second kappa shape index (κ2) is 7.57. The summed E-state index contributed by atoms with van der Waals surface area (Å²) in [4.78, 5) is 30.5. The van der Waals surface area contributed by atoms with Crippen molar-refractivity contribution in [2.45, 2.75) is 60.8 Å². The standard InChI is InChI=1S/C12H13N3O2.C11H24/c16-9-7-8(13-1-2-13)12(17)11(15-5-6-15)10(9)14-3-4-14;1-10(2,3)8-7-9-11(4,5)6/h7H,1-6H2;7-9H2,1-6H3. The van der Waals surface area contributed by atoms with Gasteiger partial charge in [-0.3, -0.25) is 9.59 Å². The minimum absolute atomic E-state index is 0.00546. The highest BCUT2D eigenvalue weighted by atomic mass is 16.1. The molecule has 156 valence electrons. The van der Waals surface area contributed by atoms with Crippen molar-refractivity contribution >= 4 is 11.6 Å². The number of carbonyl (C=O) groups is 2. The van der Waals surface area contributed by atoms with Crippen LogP contribution in [0.2, 0.25) is 0 Å². The maximum absolute atomic E-state index is 12.4. The zero-order valence-electron chi connectivity index (χ0n) is 18.6. The van der Waals surface area contributed by atoms with Gasteiger partial charge < -0.3 is 14.7 Å². The van der Waals surface area contributed by atoms with Crippen molar-refractivity contribution in [1.82, 2.24) is 14.7 Å². The van der Waals surface area contributed by atoms with E-state index in [1.165, 1.54) is 25.3 Å². The number of nitrogens with zero attached hydrogens (tertiary/aromatic N) is 3. The fraction of sp³-hybridized carbons (Fsp3) is 0.739. The number of ketones is 2. The number of hydrogen-bond acceptors (Lipinski definition) is 5. The van der Waals surface area contributed by atoms with Gasteiger partial charge in [-0.05, 0) is 23.7 Å².